The number of pyridine rings is 1. The number of ether oxygens (including phenoxy) is 2. The Morgan fingerprint density at radius 2 is 2.00 bits per heavy atom. The zero-order valence-electron chi connectivity index (χ0n) is 18.4. The number of nitrogens with one attached hydrogen (secondary N) is 1. The van der Waals surface area contributed by atoms with Gasteiger partial charge in [-0.15, -0.1) is 0 Å². The van der Waals surface area contributed by atoms with Crippen molar-refractivity contribution < 1.29 is 23.5 Å². The van der Waals surface area contributed by atoms with Crippen molar-refractivity contribution in [2.45, 2.75) is 13.8 Å². The minimum atomic E-state index is -0.578. The largest absolute Gasteiger partial charge is 0.463 e. The van der Waals surface area contributed by atoms with E-state index in [9.17, 15) is 14.0 Å². The van der Waals surface area contributed by atoms with E-state index in [0.717, 1.165) is 16.3 Å². The number of amides is 1. The maximum Gasteiger partial charge on any atom is 0.411 e. The van der Waals surface area contributed by atoms with Crippen molar-refractivity contribution in [3.63, 3.8) is 0 Å². The molecule has 0 fully saturated rings. The fourth-order valence-corrected chi connectivity index (χ4v) is 3.67. The van der Waals surface area contributed by atoms with Crippen LogP contribution in [0.5, 0.6) is 0 Å². The Morgan fingerprint density at radius 3 is 2.73 bits per heavy atom. The maximum absolute atomic E-state index is 13.7. The summed E-state index contributed by atoms with van der Waals surface area (Å²) in [6.45, 7) is 3.80. The number of nitrogens with zero attached hydrogens (tertiary/aromatic N) is 2. The molecule has 1 N–H and O–H groups in total. The van der Waals surface area contributed by atoms with Crippen LogP contribution < -0.4 is 5.32 Å². The molecule has 0 spiro atoms. The Morgan fingerprint density at radius 1 is 1.18 bits per heavy atom. The van der Waals surface area contributed by atoms with Gasteiger partial charge in [0.05, 0.1) is 25.1 Å². The van der Waals surface area contributed by atoms with Crippen molar-refractivity contribution in [2.75, 3.05) is 19.0 Å². The first kappa shape index (κ1) is 22.0. The molecule has 0 saturated carbocycles. The lowest BCUT2D eigenvalue weighted by atomic mass is 10.0. The first-order chi connectivity index (χ1) is 15.9. The molecule has 4 aromatic rings. The van der Waals surface area contributed by atoms with Crippen LogP contribution in [-0.2, 0) is 14.3 Å². The molecule has 168 valence electrons. The number of esters is 1. The summed E-state index contributed by atoms with van der Waals surface area (Å²) in [5.74, 6) is -0.813. The number of aryl methyl sites for hydroxylation is 1. The van der Waals surface area contributed by atoms with E-state index in [1.54, 1.807) is 38.1 Å². The highest BCUT2D eigenvalue weighted by Crippen LogP contribution is 2.32. The van der Waals surface area contributed by atoms with Crippen molar-refractivity contribution in [1.29, 1.82) is 0 Å². The number of benzene rings is 2. The number of methoxy groups -OCH3 is 1. The maximum atomic E-state index is 13.7. The predicted molar refractivity (Wildman–Crippen MR) is 125 cm³/mol. The summed E-state index contributed by atoms with van der Waals surface area (Å²) in [7, 11) is 1.29. The lowest BCUT2D eigenvalue weighted by Gasteiger charge is -2.07. The molecule has 1 amide bonds. The minimum Gasteiger partial charge on any atom is -0.463 e. The van der Waals surface area contributed by atoms with E-state index in [0.29, 0.717) is 28.3 Å². The number of fused-ring (bicyclic) bond motifs is 3. The Labute approximate surface area is 189 Å². The van der Waals surface area contributed by atoms with Crippen LogP contribution in [0.4, 0.5) is 14.9 Å². The monoisotopic (exact) mass is 447 g/mol. The number of halogens is 1. The van der Waals surface area contributed by atoms with Gasteiger partial charge in [0, 0.05) is 28.9 Å². The van der Waals surface area contributed by atoms with E-state index >= 15 is 0 Å². The van der Waals surface area contributed by atoms with Crippen LogP contribution >= 0.6 is 0 Å². The number of anilines is 1. The second kappa shape index (κ2) is 9.12. The molecule has 0 aliphatic rings. The Hall–Kier alpha value is -4.20. The van der Waals surface area contributed by atoms with Gasteiger partial charge < -0.3 is 9.47 Å². The molecule has 33 heavy (non-hydrogen) atoms. The molecule has 0 bridgehead atoms. The molecule has 0 unspecified atom stereocenters. The third kappa shape index (κ3) is 4.41. The molecule has 0 aliphatic carbocycles. The van der Waals surface area contributed by atoms with Gasteiger partial charge >= 0.3 is 12.1 Å². The predicted octanol–water partition coefficient (Wildman–Crippen LogP) is 5.36. The number of aromatic nitrogens is 2. The minimum absolute atomic E-state index is 0.265. The highest BCUT2D eigenvalue weighted by Gasteiger charge is 2.17. The van der Waals surface area contributed by atoms with E-state index in [-0.39, 0.29) is 12.4 Å². The van der Waals surface area contributed by atoms with Gasteiger partial charge in [0.2, 0.25) is 0 Å². The third-order valence-corrected chi connectivity index (χ3v) is 5.18. The fourth-order valence-electron chi connectivity index (χ4n) is 3.67. The molecule has 8 heteroatoms. The second-order valence-electron chi connectivity index (χ2n) is 7.32. The summed E-state index contributed by atoms with van der Waals surface area (Å²) in [6, 6.07) is 11.8. The topological polar surface area (TPSA) is 81.9 Å². The van der Waals surface area contributed by atoms with Crippen LogP contribution in [0.1, 0.15) is 18.2 Å². The SMILES string of the molecule is CCOC(=O)C=Cc1c(-c2ccc(F)cc2C)nc2c3cc(NC(=O)OC)ccc3ccn12. The quantitative estimate of drug-likeness (QED) is 0.329. The first-order valence-corrected chi connectivity index (χ1v) is 10.3. The molecule has 2 aromatic carbocycles. The van der Waals surface area contributed by atoms with Crippen molar-refractivity contribution in [3.8, 4) is 11.3 Å². The average molecular weight is 447 g/mol. The molecule has 0 saturated heterocycles. The second-order valence-corrected chi connectivity index (χ2v) is 7.32. The van der Waals surface area contributed by atoms with E-state index in [1.165, 1.54) is 25.3 Å². The van der Waals surface area contributed by atoms with Crippen LogP contribution in [0.25, 0.3) is 33.8 Å². The number of imidazole rings is 1. The van der Waals surface area contributed by atoms with E-state index < -0.39 is 12.1 Å². The van der Waals surface area contributed by atoms with Crippen LogP contribution in [-0.4, -0.2) is 35.2 Å². The van der Waals surface area contributed by atoms with E-state index in [1.807, 2.05) is 22.7 Å². The summed E-state index contributed by atoms with van der Waals surface area (Å²) in [5, 5.41) is 4.35. The average Bonchev–Trinajstić information content (AvgIpc) is 3.16. The highest BCUT2D eigenvalue weighted by molar-refractivity contribution is 6.00. The van der Waals surface area contributed by atoms with E-state index in [4.69, 9.17) is 9.72 Å². The van der Waals surface area contributed by atoms with Gasteiger partial charge in [-0.05, 0) is 67.3 Å². The number of hydrogen-bond acceptors (Lipinski definition) is 5. The third-order valence-electron chi connectivity index (χ3n) is 5.18. The van der Waals surface area contributed by atoms with E-state index in [2.05, 4.69) is 10.1 Å². The van der Waals surface area contributed by atoms with Crippen molar-refractivity contribution in [2.24, 2.45) is 0 Å². The summed E-state index contributed by atoms with van der Waals surface area (Å²) in [5.41, 5.74) is 3.84. The molecule has 7 nitrogen and oxygen atoms in total. The smallest absolute Gasteiger partial charge is 0.411 e. The van der Waals surface area contributed by atoms with Gasteiger partial charge in [-0.2, -0.15) is 0 Å². The van der Waals surface area contributed by atoms with Crippen molar-refractivity contribution in [3.05, 3.63) is 71.8 Å². The molecule has 4 rings (SSSR count). The van der Waals surface area contributed by atoms with Gasteiger partial charge in [-0.25, -0.2) is 19.0 Å². The Kier molecular flexibility index (Phi) is 6.08. The van der Waals surface area contributed by atoms with Gasteiger partial charge in [-0.1, -0.05) is 6.07 Å². The number of hydrogen-bond donors (Lipinski definition) is 1. The fraction of sp³-hybridized carbons (Fsp3) is 0.160. The lowest BCUT2D eigenvalue weighted by Crippen LogP contribution is -2.10. The van der Waals surface area contributed by atoms with Crippen LogP contribution in [0.3, 0.4) is 0 Å². The number of carbonyl (C=O) groups excluding carboxylic acids is 2. The van der Waals surface area contributed by atoms with Crippen LogP contribution in [0.15, 0.2) is 54.7 Å². The standard InChI is InChI=1S/C25H22FN3O4/c1-4-33-22(30)10-9-21-23(19-8-6-17(26)13-15(19)2)28-24-20-14-18(27-25(31)32-3)7-5-16(20)11-12-29(21)24/h5-14H,4H2,1-3H3,(H,27,31). The normalized spacial score (nSPS) is 11.3. The first-order valence-electron chi connectivity index (χ1n) is 10.3. The zero-order valence-corrected chi connectivity index (χ0v) is 18.4. The van der Waals surface area contributed by atoms with Crippen LogP contribution in [0, 0.1) is 12.7 Å². The summed E-state index contributed by atoms with van der Waals surface area (Å²) < 4.78 is 25.3. The zero-order chi connectivity index (χ0) is 23.5. The summed E-state index contributed by atoms with van der Waals surface area (Å²) in [6.07, 6.45) is 4.25. The highest BCUT2D eigenvalue weighted by atomic mass is 19.1. The van der Waals surface area contributed by atoms with Gasteiger partial charge in [-0.3, -0.25) is 9.72 Å². The van der Waals surface area contributed by atoms with Crippen molar-refractivity contribution >= 4 is 40.2 Å². The molecule has 2 heterocycles. The molecular formula is C25H22FN3O4. The molecule has 0 radical (unpaired) electrons. The summed E-state index contributed by atoms with van der Waals surface area (Å²) in [4.78, 5) is 28.5. The number of rotatable bonds is 5. The molecule has 0 aliphatic heterocycles. The molecule has 0 atom stereocenters. The number of carbonyl (C=O) groups is 2. The Balaban J connectivity index is 1.96. The van der Waals surface area contributed by atoms with Gasteiger partial charge in [0.25, 0.3) is 0 Å². The van der Waals surface area contributed by atoms with Gasteiger partial charge in [0.1, 0.15) is 11.5 Å². The molecular weight excluding hydrogens is 425 g/mol. The van der Waals surface area contributed by atoms with Gasteiger partial charge in [0.15, 0.2) is 0 Å². The summed E-state index contributed by atoms with van der Waals surface area (Å²) >= 11 is 0. The Bertz CT molecular complexity index is 1410. The molecule has 2 aromatic heterocycles. The lowest BCUT2D eigenvalue weighted by molar-refractivity contribution is -0.137. The van der Waals surface area contributed by atoms with Crippen LogP contribution in [0.2, 0.25) is 0 Å². The van der Waals surface area contributed by atoms with Crippen molar-refractivity contribution in [1.82, 2.24) is 9.38 Å².